The Bertz CT molecular complexity index is 295. The van der Waals surface area contributed by atoms with E-state index in [1.807, 2.05) is 37.3 Å². The van der Waals surface area contributed by atoms with Gasteiger partial charge in [-0.05, 0) is 18.6 Å². The van der Waals surface area contributed by atoms with Gasteiger partial charge in [0.05, 0.1) is 0 Å². The van der Waals surface area contributed by atoms with Crippen molar-refractivity contribution in [3.8, 4) is 5.75 Å². The van der Waals surface area contributed by atoms with Gasteiger partial charge in [-0.3, -0.25) is 4.79 Å². The monoisotopic (exact) mass is 208 g/mol. The maximum atomic E-state index is 10.8. The van der Waals surface area contributed by atoms with Crippen LogP contribution in [0.5, 0.6) is 5.75 Å². The van der Waals surface area contributed by atoms with Gasteiger partial charge in [0, 0.05) is 13.3 Å². The van der Waals surface area contributed by atoms with E-state index in [2.05, 4.69) is 0 Å². The van der Waals surface area contributed by atoms with Crippen molar-refractivity contribution in [1.29, 1.82) is 0 Å². The van der Waals surface area contributed by atoms with E-state index in [0.717, 1.165) is 12.2 Å². The first-order valence-corrected chi connectivity index (χ1v) is 5.11. The maximum absolute atomic E-state index is 10.8. The Balaban J connectivity index is 2.54. The van der Waals surface area contributed by atoms with Crippen molar-refractivity contribution in [3.63, 3.8) is 0 Å². The van der Waals surface area contributed by atoms with Crippen molar-refractivity contribution >= 4 is 5.97 Å². The number of ether oxygens (including phenoxy) is 2. The summed E-state index contributed by atoms with van der Waals surface area (Å²) < 4.78 is 10.6. The quantitative estimate of drug-likeness (QED) is 0.551. The standard InChI is InChI=1S/C12H16O3/c1-3-7-12(14-10(2)13)15-11-8-5-4-6-9-11/h4-6,8-9,12H,3,7H2,1-2H3. The zero-order valence-electron chi connectivity index (χ0n) is 9.10. The predicted molar refractivity (Wildman–Crippen MR) is 57.5 cm³/mol. The van der Waals surface area contributed by atoms with Crippen LogP contribution in [0.4, 0.5) is 0 Å². The molecule has 1 atom stereocenters. The van der Waals surface area contributed by atoms with Crippen molar-refractivity contribution in [2.45, 2.75) is 33.0 Å². The average molecular weight is 208 g/mol. The molecule has 0 aliphatic heterocycles. The number of benzene rings is 1. The minimum Gasteiger partial charge on any atom is -0.455 e. The van der Waals surface area contributed by atoms with Crippen molar-refractivity contribution in [3.05, 3.63) is 30.3 Å². The molecule has 0 aliphatic carbocycles. The molecule has 0 aliphatic rings. The van der Waals surface area contributed by atoms with Crippen LogP contribution in [-0.2, 0) is 9.53 Å². The van der Waals surface area contributed by atoms with Crippen LogP contribution in [0.25, 0.3) is 0 Å². The van der Waals surface area contributed by atoms with Gasteiger partial charge in [-0.25, -0.2) is 0 Å². The average Bonchev–Trinajstić information content (AvgIpc) is 2.18. The summed E-state index contributed by atoms with van der Waals surface area (Å²) in [5.74, 6) is 0.404. The first-order valence-electron chi connectivity index (χ1n) is 5.11. The van der Waals surface area contributed by atoms with Crippen LogP contribution in [0, 0.1) is 0 Å². The Morgan fingerprint density at radius 2 is 2.00 bits per heavy atom. The SMILES string of the molecule is CCCC(OC(C)=O)Oc1ccccc1. The van der Waals surface area contributed by atoms with E-state index in [9.17, 15) is 4.79 Å². The molecule has 0 N–H and O–H groups in total. The van der Waals surface area contributed by atoms with Gasteiger partial charge < -0.3 is 9.47 Å². The summed E-state index contributed by atoms with van der Waals surface area (Å²) in [6.07, 6.45) is 1.13. The van der Waals surface area contributed by atoms with Crippen molar-refractivity contribution < 1.29 is 14.3 Å². The summed E-state index contributed by atoms with van der Waals surface area (Å²) in [6, 6.07) is 9.35. The molecule has 3 heteroatoms. The fourth-order valence-electron chi connectivity index (χ4n) is 1.21. The van der Waals surface area contributed by atoms with Gasteiger partial charge in [0.1, 0.15) is 5.75 Å². The van der Waals surface area contributed by atoms with Crippen LogP contribution in [0.2, 0.25) is 0 Å². The predicted octanol–water partition coefficient (Wildman–Crippen LogP) is 2.75. The highest BCUT2D eigenvalue weighted by molar-refractivity contribution is 5.66. The highest BCUT2D eigenvalue weighted by Gasteiger charge is 2.11. The summed E-state index contributed by atoms with van der Waals surface area (Å²) in [4.78, 5) is 10.8. The lowest BCUT2D eigenvalue weighted by molar-refractivity contribution is -0.161. The molecule has 0 spiro atoms. The molecule has 0 bridgehead atoms. The Hall–Kier alpha value is -1.51. The number of para-hydroxylation sites is 1. The van der Waals surface area contributed by atoms with Gasteiger partial charge in [0.2, 0.25) is 6.29 Å². The Morgan fingerprint density at radius 3 is 2.53 bits per heavy atom. The minimum atomic E-state index is -0.477. The number of carbonyl (C=O) groups excluding carboxylic acids is 1. The van der Waals surface area contributed by atoms with Gasteiger partial charge >= 0.3 is 5.97 Å². The van der Waals surface area contributed by atoms with Crippen LogP contribution in [-0.4, -0.2) is 12.3 Å². The van der Waals surface area contributed by atoms with Crippen molar-refractivity contribution in [1.82, 2.24) is 0 Å². The van der Waals surface area contributed by atoms with Gasteiger partial charge in [0.15, 0.2) is 0 Å². The van der Waals surface area contributed by atoms with Crippen LogP contribution in [0.15, 0.2) is 30.3 Å². The molecule has 3 nitrogen and oxygen atoms in total. The molecule has 1 unspecified atom stereocenters. The highest BCUT2D eigenvalue weighted by Crippen LogP contribution is 2.14. The molecule has 82 valence electrons. The summed E-state index contributed by atoms with van der Waals surface area (Å²) in [7, 11) is 0. The normalized spacial score (nSPS) is 11.9. The van der Waals surface area contributed by atoms with Crippen LogP contribution >= 0.6 is 0 Å². The third kappa shape index (κ3) is 4.49. The molecule has 15 heavy (non-hydrogen) atoms. The molecule has 0 saturated carbocycles. The molecule has 0 aromatic heterocycles. The van der Waals surface area contributed by atoms with E-state index in [0.29, 0.717) is 6.42 Å². The van der Waals surface area contributed by atoms with E-state index >= 15 is 0 Å². The van der Waals surface area contributed by atoms with E-state index < -0.39 is 6.29 Å². The number of esters is 1. The summed E-state index contributed by atoms with van der Waals surface area (Å²) in [6.45, 7) is 3.40. The van der Waals surface area contributed by atoms with Crippen LogP contribution < -0.4 is 4.74 Å². The van der Waals surface area contributed by atoms with Gasteiger partial charge in [-0.2, -0.15) is 0 Å². The topological polar surface area (TPSA) is 35.5 Å². The maximum Gasteiger partial charge on any atom is 0.305 e. The van der Waals surface area contributed by atoms with Crippen molar-refractivity contribution in [2.24, 2.45) is 0 Å². The lowest BCUT2D eigenvalue weighted by Crippen LogP contribution is -2.22. The van der Waals surface area contributed by atoms with Gasteiger partial charge in [0.25, 0.3) is 0 Å². The Kier molecular flexibility index (Phi) is 4.68. The number of hydrogen-bond donors (Lipinski definition) is 0. The molecular formula is C12H16O3. The smallest absolute Gasteiger partial charge is 0.305 e. The second kappa shape index (κ2) is 6.06. The van der Waals surface area contributed by atoms with Crippen molar-refractivity contribution in [2.75, 3.05) is 0 Å². The number of hydrogen-bond acceptors (Lipinski definition) is 3. The highest BCUT2D eigenvalue weighted by atomic mass is 16.7. The second-order valence-corrected chi connectivity index (χ2v) is 3.26. The molecule has 0 saturated heterocycles. The number of rotatable bonds is 5. The summed E-state index contributed by atoms with van der Waals surface area (Å²) >= 11 is 0. The molecule has 0 fully saturated rings. The lowest BCUT2D eigenvalue weighted by atomic mass is 10.3. The third-order valence-electron chi connectivity index (χ3n) is 1.83. The van der Waals surface area contributed by atoms with Gasteiger partial charge in [-0.15, -0.1) is 0 Å². The minimum absolute atomic E-state index is 0.315. The van der Waals surface area contributed by atoms with Crippen LogP contribution in [0.1, 0.15) is 26.7 Å². The number of carbonyl (C=O) groups is 1. The zero-order chi connectivity index (χ0) is 11.1. The molecule has 0 heterocycles. The molecule has 1 aromatic carbocycles. The van der Waals surface area contributed by atoms with E-state index in [-0.39, 0.29) is 5.97 Å². The molecule has 1 rings (SSSR count). The molecular weight excluding hydrogens is 192 g/mol. The second-order valence-electron chi connectivity index (χ2n) is 3.26. The Labute approximate surface area is 90.0 Å². The largest absolute Gasteiger partial charge is 0.455 e. The van der Waals surface area contributed by atoms with E-state index in [1.165, 1.54) is 6.92 Å². The van der Waals surface area contributed by atoms with E-state index in [1.54, 1.807) is 0 Å². The fraction of sp³-hybridized carbons (Fsp3) is 0.417. The lowest BCUT2D eigenvalue weighted by Gasteiger charge is -2.17. The van der Waals surface area contributed by atoms with Gasteiger partial charge in [-0.1, -0.05) is 25.1 Å². The summed E-state index contributed by atoms with van der Waals surface area (Å²) in [5, 5.41) is 0. The molecule has 0 amide bonds. The first-order chi connectivity index (χ1) is 7.22. The Morgan fingerprint density at radius 1 is 1.33 bits per heavy atom. The molecule has 1 aromatic rings. The fourth-order valence-corrected chi connectivity index (χ4v) is 1.21. The van der Waals surface area contributed by atoms with E-state index in [4.69, 9.17) is 9.47 Å². The van der Waals surface area contributed by atoms with Crippen LogP contribution in [0.3, 0.4) is 0 Å². The molecule has 0 radical (unpaired) electrons. The zero-order valence-corrected chi connectivity index (χ0v) is 9.10. The third-order valence-corrected chi connectivity index (χ3v) is 1.83. The summed E-state index contributed by atoms with van der Waals surface area (Å²) in [5.41, 5.74) is 0. The first kappa shape index (κ1) is 11.6.